The van der Waals surface area contributed by atoms with Gasteiger partial charge >= 0.3 is 5.97 Å². The second-order valence-electron chi connectivity index (χ2n) is 6.59. The molecule has 28 heavy (non-hydrogen) atoms. The van der Waals surface area contributed by atoms with Crippen LogP contribution in [0.1, 0.15) is 18.1 Å². The number of carbonyl (C=O) groups is 2. The Morgan fingerprint density at radius 2 is 1.71 bits per heavy atom. The molecule has 1 amide bonds. The molecule has 7 heteroatoms. The van der Waals surface area contributed by atoms with Crippen LogP contribution in [0.15, 0.2) is 36.4 Å². The molecule has 1 N–H and O–H groups in total. The molecular weight excluding hydrogens is 362 g/mol. The first-order valence-electron chi connectivity index (χ1n) is 9.02. The number of anilines is 1. The van der Waals surface area contributed by atoms with Crippen molar-refractivity contribution < 1.29 is 28.5 Å². The summed E-state index contributed by atoms with van der Waals surface area (Å²) in [6, 6.07) is 10.8. The van der Waals surface area contributed by atoms with E-state index in [0.717, 1.165) is 11.1 Å². The van der Waals surface area contributed by atoms with Gasteiger partial charge in [-0.25, -0.2) is 4.79 Å². The lowest BCUT2D eigenvalue weighted by atomic mass is 10.1. The van der Waals surface area contributed by atoms with Gasteiger partial charge in [-0.05, 0) is 56.2 Å². The third kappa shape index (κ3) is 5.16. The van der Waals surface area contributed by atoms with Gasteiger partial charge in [0.05, 0.1) is 0 Å². The third-order valence-electron chi connectivity index (χ3n) is 4.04. The number of fused-ring (bicyclic) bond motifs is 1. The van der Waals surface area contributed by atoms with Gasteiger partial charge in [0.25, 0.3) is 5.91 Å². The molecule has 2 aromatic carbocycles. The van der Waals surface area contributed by atoms with E-state index in [-0.39, 0.29) is 6.61 Å². The van der Waals surface area contributed by atoms with Crippen molar-refractivity contribution in [1.29, 1.82) is 0 Å². The molecule has 0 radical (unpaired) electrons. The zero-order valence-corrected chi connectivity index (χ0v) is 16.1. The summed E-state index contributed by atoms with van der Waals surface area (Å²) in [7, 11) is 0. The lowest BCUT2D eigenvalue weighted by molar-refractivity contribution is -0.155. The van der Waals surface area contributed by atoms with Crippen LogP contribution in [0.2, 0.25) is 0 Å². The van der Waals surface area contributed by atoms with Gasteiger partial charge in [-0.3, -0.25) is 4.79 Å². The molecule has 1 heterocycles. The number of ether oxygens (including phenoxy) is 4. The van der Waals surface area contributed by atoms with Gasteiger partial charge in [-0.1, -0.05) is 6.07 Å². The molecule has 3 rings (SSSR count). The smallest absolute Gasteiger partial charge is 0.344 e. The molecule has 148 valence electrons. The maximum atomic E-state index is 12.3. The zero-order valence-electron chi connectivity index (χ0n) is 16.1. The fraction of sp³-hybridized carbons (Fsp3) is 0.333. The Hall–Kier alpha value is -3.22. The van der Waals surface area contributed by atoms with E-state index in [0.29, 0.717) is 36.1 Å². The van der Waals surface area contributed by atoms with Crippen molar-refractivity contribution in [3.8, 4) is 17.2 Å². The molecule has 1 aliphatic heterocycles. The molecule has 0 aliphatic carbocycles. The fourth-order valence-electron chi connectivity index (χ4n) is 2.81. The highest BCUT2D eigenvalue weighted by molar-refractivity contribution is 5.95. The van der Waals surface area contributed by atoms with Crippen molar-refractivity contribution in [2.75, 3.05) is 25.1 Å². The Bertz CT molecular complexity index is 859. The summed E-state index contributed by atoms with van der Waals surface area (Å²) in [4.78, 5) is 24.3. The number of rotatable bonds is 6. The average molecular weight is 385 g/mol. The Kier molecular flexibility index (Phi) is 6.03. The summed E-state index contributed by atoms with van der Waals surface area (Å²) in [5.41, 5.74) is 2.61. The predicted octanol–water partition coefficient (Wildman–Crippen LogP) is 3.02. The molecule has 0 fully saturated rings. The summed E-state index contributed by atoms with van der Waals surface area (Å²) >= 11 is 0. The van der Waals surface area contributed by atoms with Crippen LogP contribution in [0, 0.1) is 13.8 Å². The van der Waals surface area contributed by atoms with Crippen molar-refractivity contribution in [2.24, 2.45) is 0 Å². The summed E-state index contributed by atoms with van der Waals surface area (Å²) < 4.78 is 21.5. The molecule has 0 saturated heterocycles. The Morgan fingerprint density at radius 1 is 1.04 bits per heavy atom. The number of carbonyl (C=O) groups excluding carboxylic acids is 2. The monoisotopic (exact) mass is 385 g/mol. The van der Waals surface area contributed by atoms with Gasteiger partial charge in [0.2, 0.25) is 0 Å². The maximum Gasteiger partial charge on any atom is 0.344 e. The summed E-state index contributed by atoms with van der Waals surface area (Å²) in [6.07, 6.45) is -0.969. The first kappa shape index (κ1) is 19.5. The minimum atomic E-state index is -0.969. The number of esters is 1. The molecular formula is C21H23NO6. The molecule has 0 unspecified atom stereocenters. The number of hydrogen-bond donors (Lipinski definition) is 1. The maximum absolute atomic E-state index is 12.3. The Morgan fingerprint density at radius 3 is 2.43 bits per heavy atom. The van der Waals surface area contributed by atoms with E-state index < -0.39 is 18.0 Å². The number of amides is 1. The summed E-state index contributed by atoms with van der Waals surface area (Å²) in [5.74, 6) is 0.714. The van der Waals surface area contributed by atoms with Gasteiger partial charge in [0.15, 0.2) is 24.2 Å². The van der Waals surface area contributed by atoms with Crippen LogP contribution in [0.5, 0.6) is 17.2 Å². The van der Waals surface area contributed by atoms with Gasteiger partial charge in [-0.15, -0.1) is 0 Å². The van der Waals surface area contributed by atoms with Gasteiger partial charge in [-0.2, -0.15) is 0 Å². The molecule has 0 spiro atoms. The highest BCUT2D eigenvalue weighted by Crippen LogP contribution is 2.32. The minimum Gasteiger partial charge on any atom is -0.486 e. The van der Waals surface area contributed by atoms with Crippen molar-refractivity contribution in [2.45, 2.75) is 26.9 Å². The first-order valence-corrected chi connectivity index (χ1v) is 9.02. The highest BCUT2D eigenvalue weighted by atomic mass is 16.6. The molecule has 7 nitrogen and oxygen atoms in total. The number of nitrogens with one attached hydrogen (secondary N) is 1. The molecule has 1 aliphatic rings. The third-order valence-corrected chi connectivity index (χ3v) is 4.04. The van der Waals surface area contributed by atoms with Gasteiger partial charge < -0.3 is 24.3 Å². The van der Waals surface area contributed by atoms with Crippen LogP contribution in [0.4, 0.5) is 5.69 Å². The van der Waals surface area contributed by atoms with Crippen molar-refractivity contribution >= 4 is 17.6 Å². The molecule has 2 aromatic rings. The predicted molar refractivity (Wildman–Crippen MR) is 103 cm³/mol. The SMILES string of the molecule is Cc1cc(C)cc(OCC(=O)O[C@@H](C)C(=O)Nc2ccc3c(c2)OCCO3)c1. The molecule has 0 bridgehead atoms. The number of benzene rings is 2. The second-order valence-corrected chi connectivity index (χ2v) is 6.59. The largest absolute Gasteiger partial charge is 0.486 e. The Labute approximate surface area is 163 Å². The van der Waals surface area contributed by atoms with Crippen LogP contribution < -0.4 is 19.5 Å². The first-order chi connectivity index (χ1) is 13.4. The average Bonchev–Trinajstić information content (AvgIpc) is 2.65. The van der Waals surface area contributed by atoms with Crippen LogP contribution in [0.3, 0.4) is 0 Å². The van der Waals surface area contributed by atoms with Crippen molar-refractivity contribution in [3.05, 3.63) is 47.5 Å². The highest BCUT2D eigenvalue weighted by Gasteiger charge is 2.19. The van der Waals surface area contributed by atoms with Crippen LogP contribution >= 0.6 is 0 Å². The van der Waals surface area contributed by atoms with E-state index in [1.54, 1.807) is 18.2 Å². The van der Waals surface area contributed by atoms with Crippen molar-refractivity contribution in [1.82, 2.24) is 0 Å². The van der Waals surface area contributed by atoms with Crippen LogP contribution in [-0.4, -0.2) is 37.8 Å². The minimum absolute atomic E-state index is 0.273. The lowest BCUT2D eigenvalue weighted by Crippen LogP contribution is -2.31. The molecule has 0 saturated carbocycles. The van der Waals surface area contributed by atoms with E-state index in [1.165, 1.54) is 6.92 Å². The summed E-state index contributed by atoms with van der Waals surface area (Å²) in [5, 5.41) is 2.69. The van der Waals surface area contributed by atoms with E-state index in [2.05, 4.69) is 5.32 Å². The standard InChI is InChI=1S/C21H23NO6/c1-13-8-14(2)10-17(9-13)27-12-20(23)28-15(3)21(24)22-16-4-5-18-19(11-16)26-7-6-25-18/h4-5,8-11,15H,6-7,12H2,1-3H3,(H,22,24)/t15-/m0/s1. The second kappa shape index (κ2) is 8.65. The van der Waals surface area contributed by atoms with E-state index >= 15 is 0 Å². The van der Waals surface area contributed by atoms with E-state index in [9.17, 15) is 9.59 Å². The topological polar surface area (TPSA) is 83.1 Å². The molecule has 1 atom stereocenters. The van der Waals surface area contributed by atoms with Crippen LogP contribution in [0.25, 0.3) is 0 Å². The normalized spacial score (nSPS) is 13.4. The Balaban J connectivity index is 1.50. The zero-order chi connectivity index (χ0) is 20.1. The van der Waals surface area contributed by atoms with Gasteiger partial charge in [0, 0.05) is 11.8 Å². The van der Waals surface area contributed by atoms with E-state index in [4.69, 9.17) is 18.9 Å². The van der Waals surface area contributed by atoms with Gasteiger partial charge in [0.1, 0.15) is 19.0 Å². The number of hydrogen-bond acceptors (Lipinski definition) is 6. The summed E-state index contributed by atoms with van der Waals surface area (Å²) in [6.45, 7) is 6.08. The fourth-order valence-corrected chi connectivity index (χ4v) is 2.81. The number of aryl methyl sites for hydroxylation is 2. The molecule has 0 aromatic heterocycles. The van der Waals surface area contributed by atoms with E-state index in [1.807, 2.05) is 32.0 Å². The quantitative estimate of drug-likeness (QED) is 0.770. The van der Waals surface area contributed by atoms with Crippen molar-refractivity contribution in [3.63, 3.8) is 0 Å². The van der Waals surface area contributed by atoms with Crippen LogP contribution in [-0.2, 0) is 14.3 Å². The lowest BCUT2D eigenvalue weighted by Gasteiger charge is -2.19.